The number of esters is 4. The van der Waals surface area contributed by atoms with E-state index in [2.05, 4.69) is 0 Å². The van der Waals surface area contributed by atoms with Crippen LogP contribution in [0.5, 0.6) is 0 Å². The summed E-state index contributed by atoms with van der Waals surface area (Å²) >= 11 is 0. The molecule has 0 aromatic rings. The highest BCUT2D eigenvalue weighted by molar-refractivity contribution is 5.82. The highest BCUT2D eigenvalue weighted by Crippen LogP contribution is 2.25. The van der Waals surface area contributed by atoms with Crippen LogP contribution in [0.15, 0.2) is 0 Å². The average molecular weight is 547 g/mol. The number of hydrogen-bond donors (Lipinski definition) is 0. The maximum absolute atomic E-state index is 11.6. The van der Waals surface area contributed by atoms with E-state index in [0.717, 1.165) is 12.8 Å². The molecule has 0 spiro atoms. The number of carbonyl (C=O) groups excluding carboxylic acids is 4. The third kappa shape index (κ3) is 15.3. The molecule has 1 saturated heterocycles. The smallest absolute Gasteiger partial charge is 0.347 e. The largest absolute Gasteiger partial charge is 0.463 e. The summed E-state index contributed by atoms with van der Waals surface area (Å²) < 4.78 is 24.8. The second-order valence-electron chi connectivity index (χ2n) is 12.1. The van der Waals surface area contributed by atoms with Gasteiger partial charge in [-0.15, -0.1) is 0 Å². The molecule has 0 aliphatic carbocycles. The molecule has 0 amide bonds. The van der Waals surface area contributed by atoms with Gasteiger partial charge in [0.2, 0.25) is 6.10 Å². The molecular weight excluding hydrogens is 492 g/mol. The molecule has 1 aliphatic heterocycles. The Bertz CT molecular complexity index is 746. The van der Waals surface area contributed by atoms with E-state index in [1.54, 1.807) is 13.8 Å². The first kappa shape index (κ1) is 38.0. The molecule has 9 nitrogen and oxygen atoms in total. The Kier molecular flexibility index (Phi) is 16.7. The molecule has 38 heavy (non-hydrogen) atoms. The summed E-state index contributed by atoms with van der Waals surface area (Å²) in [4.78, 5) is 45.4. The lowest BCUT2D eigenvalue weighted by Crippen LogP contribution is -2.33. The summed E-state index contributed by atoms with van der Waals surface area (Å²) in [6.07, 6.45) is 2.06. The van der Waals surface area contributed by atoms with Gasteiger partial charge in [0.05, 0.1) is 22.9 Å². The summed E-state index contributed by atoms with van der Waals surface area (Å²) in [5, 5.41) is 0. The predicted molar refractivity (Wildman–Crippen MR) is 146 cm³/mol. The van der Waals surface area contributed by atoms with Gasteiger partial charge >= 0.3 is 23.9 Å². The van der Waals surface area contributed by atoms with Gasteiger partial charge in [0.15, 0.2) is 6.79 Å². The van der Waals surface area contributed by atoms with Gasteiger partial charge in [-0.25, -0.2) is 4.79 Å². The van der Waals surface area contributed by atoms with Crippen LogP contribution in [0.3, 0.4) is 0 Å². The van der Waals surface area contributed by atoms with Gasteiger partial charge in [-0.2, -0.15) is 0 Å². The van der Waals surface area contributed by atoms with Gasteiger partial charge in [-0.05, 0) is 88.5 Å². The van der Waals surface area contributed by atoms with Crippen molar-refractivity contribution in [3.05, 3.63) is 0 Å². The minimum atomic E-state index is -0.687. The van der Waals surface area contributed by atoms with E-state index in [1.807, 2.05) is 76.2 Å². The van der Waals surface area contributed by atoms with Crippen LogP contribution in [0.1, 0.15) is 116 Å². The van der Waals surface area contributed by atoms with E-state index >= 15 is 0 Å². The SMILES string of the molecule is CCC(C)(C)C(=O)OC(C)(C)C.CCC(C)(C)C(=O)OC1CCOC1=O.CCOCOC(=O)C(C)(C)CC. The summed E-state index contributed by atoms with van der Waals surface area (Å²) in [6.45, 7) is 25.5. The highest BCUT2D eigenvalue weighted by atomic mass is 16.7. The maximum Gasteiger partial charge on any atom is 0.347 e. The maximum atomic E-state index is 11.6. The van der Waals surface area contributed by atoms with E-state index in [1.165, 1.54) is 0 Å². The van der Waals surface area contributed by atoms with Crippen molar-refractivity contribution in [2.24, 2.45) is 16.2 Å². The number of carbonyl (C=O) groups is 4. The topological polar surface area (TPSA) is 114 Å². The van der Waals surface area contributed by atoms with Crippen molar-refractivity contribution >= 4 is 23.9 Å². The average Bonchev–Trinajstić information content (AvgIpc) is 3.22. The Balaban J connectivity index is 0. The first-order valence-corrected chi connectivity index (χ1v) is 13.6. The summed E-state index contributed by atoms with van der Waals surface area (Å²) in [7, 11) is 0. The van der Waals surface area contributed by atoms with Crippen LogP contribution in [0, 0.1) is 16.2 Å². The standard InChI is InChI=1S/C10H16O4.C10H20O2.C9H18O3/c1-4-10(2,3)9(12)14-7-5-6-13-8(7)11;1-7-10(5,6)8(11)12-9(2,3)4;1-5-9(3,4)8(10)12-7-11-6-2/h7H,4-6H2,1-3H3;7H2,1-6H3;5-7H2,1-4H3. The first-order valence-electron chi connectivity index (χ1n) is 13.6. The molecule has 0 aromatic carbocycles. The minimum Gasteiger partial charge on any atom is -0.463 e. The molecule has 1 atom stereocenters. The predicted octanol–water partition coefficient (Wildman–Crippen LogP) is 6.01. The van der Waals surface area contributed by atoms with Gasteiger partial charge in [0.1, 0.15) is 5.60 Å². The van der Waals surface area contributed by atoms with E-state index in [-0.39, 0.29) is 35.7 Å². The molecule has 1 heterocycles. The van der Waals surface area contributed by atoms with Crippen molar-refractivity contribution < 1.29 is 42.9 Å². The lowest BCUT2D eigenvalue weighted by Gasteiger charge is -2.27. The summed E-state index contributed by atoms with van der Waals surface area (Å²) in [5.74, 6) is -1.06. The van der Waals surface area contributed by atoms with Gasteiger partial charge in [0.25, 0.3) is 0 Å². The zero-order valence-corrected chi connectivity index (χ0v) is 26.2. The second kappa shape index (κ2) is 16.7. The van der Waals surface area contributed by atoms with Gasteiger partial charge < -0.3 is 23.7 Å². The molecule has 1 rings (SSSR count). The molecule has 0 aromatic heterocycles. The fourth-order valence-corrected chi connectivity index (χ4v) is 2.10. The molecule has 9 heteroatoms. The lowest BCUT2D eigenvalue weighted by atomic mass is 9.90. The molecule has 0 N–H and O–H groups in total. The van der Waals surface area contributed by atoms with E-state index in [4.69, 9.17) is 23.7 Å². The van der Waals surface area contributed by atoms with Crippen LogP contribution in [-0.2, 0) is 42.9 Å². The Morgan fingerprint density at radius 3 is 1.58 bits per heavy atom. The minimum absolute atomic E-state index is 0.0682. The normalized spacial score (nSPS) is 15.7. The molecule has 0 radical (unpaired) electrons. The fourth-order valence-electron chi connectivity index (χ4n) is 2.10. The molecule has 1 aliphatic rings. The number of cyclic esters (lactones) is 1. The van der Waals surface area contributed by atoms with Crippen LogP contribution in [-0.4, -0.2) is 55.6 Å². The number of ether oxygens (including phenoxy) is 5. The first-order chi connectivity index (χ1) is 17.2. The van der Waals surface area contributed by atoms with Gasteiger partial charge in [-0.3, -0.25) is 14.4 Å². The van der Waals surface area contributed by atoms with Gasteiger partial charge in [0, 0.05) is 13.0 Å². The Morgan fingerprint density at radius 2 is 1.21 bits per heavy atom. The second-order valence-corrected chi connectivity index (χ2v) is 12.1. The molecule has 0 saturated carbocycles. The third-order valence-corrected chi connectivity index (χ3v) is 6.32. The fraction of sp³-hybridized carbons (Fsp3) is 0.862. The van der Waals surface area contributed by atoms with Crippen LogP contribution < -0.4 is 0 Å². The van der Waals surface area contributed by atoms with Crippen LogP contribution >= 0.6 is 0 Å². The van der Waals surface area contributed by atoms with Crippen LogP contribution in [0.2, 0.25) is 0 Å². The quantitative estimate of drug-likeness (QED) is 0.141. The monoisotopic (exact) mass is 546 g/mol. The molecule has 1 unspecified atom stereocenters. The van der Waals surface area contributed by atoms with Crippen molar-refractivity contribution in [1.29, 1.82) is 0 Å². The third-order valence-electron chi connectivity index (χ3n) is 6.32. The zero-order valence-electron chi connectivity index (χ0n) is 26.2. The van der Waals surface area contributed by atoms with Gasteiger partial charge in [-0.1, -0.05) is 20.8 Å². The summed E-state index contributed by atoms with van der Waals surface area (Å²) in [5.41, 5.74) is -1.64. The van der Waals surface area contributed by atoms with Crippen molar-refractivity contribution in [2.45, 2.75) is 127 Å². The molecular formula is C29H54O9. The molecule has 0 bridgehead atoms. The van der Waals surface area contributed by atoms with E-state index in [9.17, 15) is 19.2 Å². The van der Waals surface area contributed by atoms with Crippen molar-refractivity contribution in [3.63, 3.8) is 0 Å². The number of rotatable bonds is 10. The lowest BCUT2D eigenvalue weighted by molar-refractivity contribution is -0.167. The molecule has 1 fully saturated rings. The van der Waals surface area contributed by atoms with Crippen molar-refractivity contribution in [3.8, 4) is 0 Å². The zero-order chi connectivity index (χ0) is 30.4. The Morgan fingerprint density at radius 1 is 0.763 bits per heavy atom. The molecule has 224 valence electrons. The van der Waals surface area contributed by atoms with Crippen molar-refractivity contribution in [2.75, 3.05) is 20.0 Å². The van der Waals surface area contributed by atoms with Crippen LogP contribution in [0.25, 0.3) is 0 Å². The summed E-state index contributed by atoms with van der Waals surface area (Å²) in [6, 6.07) is 0. The van der Waals surface area contributed by atoms with Crippen LogP contribution in [0.4, 0.5) is 0 Å². The van der Waals surface area contributed by atoms with Crippen molar-refractivity contribution in [1.82, 2.24) is 0 Å². The Labute approximate surface area is 230 Å². The highest BCUT2D eigenvalue weighted by Gasteiger charge is 2.35. The Hall–Kier alpha value is -2.16. The van der Waals surface area contributed by atoms with E-state index < -0.39 is 22.9 Å². The number of hydrogen-bond acceptors (Lipinski definition) is 9. The van der Waals surface area contributed by atoms with E-state index in [0.29, 0.717) is 26.1 Å².